The van der Waals surface area contributed by atoms with Crippen LogP contribution in [0.3, 0.4) is 0 Å². The molecule has 0 aromatic rings. The summed E-state index contributed by atoms with van der Waals surface area (Å²) < 4.78 is 24.2. The van der Waals surface area contributed by atoms with Gasteiger partial charge in [0.1, 0.15) is 19.3 Å². The number of nitrogens with zero attached hydrogens (tertiary/aromatic N) is 1. The van der Waals surface area contributed by atoms with Gasteiger partial charge in [0.2, 0.25) is 5.60 Å². The summed E-state index contributed by atoms with van der Waals surface area (Å²) >= 11 is 0. The monoisotopic (exact) mass is 763 g/mol. The van der Waals surface area contributed by atoms with E-state index in [2.05, 4.69) is 13.8 Å². The Morgan fingerprint density at radius 3 is 1.13 bits per heavy atom. The summed E-state index contributed by atoms with van der Waals surface area (Å²) in [4.78, 5) is 38.2. The van der Waals surface area contributed by atoms with E-state index in [9.17, 15) is 29.3 Å². The van der Waals surface area contributed by atoms with Crippen LogP contribution in [0.4, 0.5) is 0 Å². The molecule has 0 rings (SSSR count). The van der Waals surface area contributed by atoms with Crippen molar-refractivity contribution >= 4 is 19.4 Å². The van der Waals surface area contributed by atoms with E-state index in [1.165, 1.54) is 116 Å². The first-order valence-electron chi connectivity index (χ1n) is 21.7. The summed E-state index contributed by atoms with van der Waals surface area (Å²) in [5.74, 6) is -1.54. The van der Waals surface area contributed by atoms with E-state index in [1.54, 1.807) is 0 Å². The topological polar surface area (TPSA) is 130 Å². The molecule has 0 aromatic carbocycles. The number of carbonyl (C=O) groups excluding carboxylic acids is 2. The Bertz CT molecular complexity index is 865. The van der Waals surface area contributed by atoms with Crippen LogP contribution in [0.1, 0.15) is 206 Å². The molecule has 1 unspecified atom stereocenters. The molecule has 2 atom stereocenters. The van der Waals surface area contributed by atoms with E-state index in [1.807, 2.05) is 21.1 Å². The van der Waals surface area contributed by atoms with Gasteiger partial charge in [-0.2, -0.15) is 0 Å². The smallest absolute Gasteiger partial charge is 0.394 e. The number of phosphoric ester groups is 1. The van der Waals surface area contributed by atoms with Crippen molar-refractivity contribution in [2.75, 3.05) is 40.9 Å². The van der Waals surface area contributed by atoms with E-state index in [4.69, 9.17) is 9.05 Å². The zero-order chi connectivity index (χ0) is 39.0. The van der Waals surface area contributed by atoms with Gasteiger partial charge in [-0.1, -0.05) is 181 Å². The average Bonchev–Trinajstić information content (AvgIpc) is 3.09. The summed E-state index contributed by atoms with van der Waals surface area (Å²) in [6, 6.07) is 0. The fraction of sp³-hybridized carbons (Fsp3) is 0.952. The van der Waals surface area contributed by atoms with Crippen molar-refractivity contribution in [2.24, 2.45) is 0 Å². The van der Waals surface area contributed by atoms with Crippen molar-refractivity contribution in [2.45, 2.75) is 218 Å². The number of carbonyl (C=O) groups is 2. The van der Waals surface area contributed by atoms with Crippen molar-refractivity contribution in [1.82, 2.24) is 0 Å². The van der Waals surface area contributed by atoms with Crippen molar-refractivity contribution in [3.63, 3.8) is 0 Å². The predicted octanol–water partition coefficient (Wildman–Crippen LogP) is 10.8. The third-order valence-corrected chi connectivity index (χ3v) is 11.3. The van der Waals surface area contributed by atoms with Crippen molar-refractivity contribution < 1.29 is 42.8 Å². The lowest BCUT2D eigenvalue weighted by molar-refractivity contribution is -0.870. The second-order valence-electron chi connectivity index (χ2n) is 16.4. The molecule has 0 aliphatic rings. The van der Waals surface area contributed by atoms with Gasteiger partial charge in [-0.25, -0.2) is 4.57 Å². The molecule has 0 saturated heterocycles. The van der Waals surface area contributed by atoms with Crippen LogP contribution in [0.15, 0.2) is 0 Å². The van der Waals surface area contributed by atoms with Crippen molar-refractivity contribution in [3.8, 4) is 0 Å². The maximum absolute atomic E-state index is 13.8. The molecule has 0 saturated carbocycles. The van der Waals surface area contributed by atoms with Gasteiger partial charge in [0.25, 0.3) is 0 Å². The average molecular weight is 763 g/mol. The number of aliphatic hydroxyl groups excluding tert-OH is 2. The number of unbranched alkanes of at least 4 members (excludes halogenated alkanes) is 26. The number of hydrogen-bond donors (Lipinski definition) is 3. The minimum Gasteiger partial charge on any atom is -0.394 e. The van der Waals surface area contributed by atoms with E-state index >= 15 is 0 Å². The number of likely N-dealkylation sites (N-methyl/N-ethyl adjacent to an activating group) is 1. The lowest BCUT2D eigenvalue weighted by atomic mass is 9.82. The maximum Gasteiger partial charge on any atom is 0.473 e. The van der Waals surface area contributed by atoms with Crippen LogP contribution in [0.5, 0.6) is 0 Å². The van der Waals surface area contributed by atoms with Crippen LogP contribution in [0, 0.1) is 0 Å². The molecule has 0 aliphatic heterocycles. The molecule has 0 radical (unpaired) electrons. The fourth-order valence-corrected chi connectivity index (χ4v) is 7.84. The first-order valence-corrected chi connectivity index (χ1v) is 23.2. The summed E-state index contributed by atoms with van der Waals surface area (Å²) in [7, 11) is 0.741. The third-order valence-electron chi connectivity index (χ3n) is 10.3. The number of phosphoric acid groups is 1. The molecule has 9 nitrogen and oxygen atoms in total. The van der Waals surface area contributed by atoms with Crippen LogP contribution in [-0.2, 0) is 23.2 Å². The predicted molar refractivity (Wildman–Crippen MR) is 215 cm³/mol. The van der Waals surface area contributed by atoms with Crippen molar-refractivity contribution in [1.29, 1.82) is 0 Å². The van der Waals surface area contributed by atoms with Crippen LogP contribution >= 0.6 is 7.82 Å². The van der Waals surface area contributed by atoms with E-state index < -0.39 is 37.7 Å². The third kappa shape index (κ3) is 27.0. The molecule has 3 N–H and O–H groups in total. The standard InChI is InChI=1S/C42H84NO8P/c1-6-8-10-12-14-16-18-20-22-24-26-28-30-32-34-39(45)42(41(47)38-44,51-52(48,49)50-37-36-43(3,4)5)40(46)35-33-31-29-27-25-23-21-19-17-15-13-11-9-7-2/h41,44,47H,6-38H2,1-5H3/p+1/t41-/m0/s1. The molecule has 0 fully saturated rings. The first-order chi connectivity index (χ1) is 24.9. The Labute approximate surface area is 320 Å². The Kier molecular flexibility index (Phi) is 32.1. The van der Waals surface area contributed by atoms with Gasteiger partial charge in [0, 0.05) is 12.8 Å². The highest BCUT2D eigenvalue weighted by Crippen LogP contribution is 2.49. The lowest BCUT2D eigenvalue weighted by Gasteiger charge is -2.35. The molecule has 0 bridgehead atoms. The summed E-state index contributed by atoms with van der Waals surface area (Å²) in [6.07, 6.45) is 30.0. The lowest BCUT2D eigenvalue weighted by Crippen LogP contribution is -2.58. The van der Waals surface area contributed by atoms with E-state index in [0.29, 0.717) is 23.9 Å². The quantitative estimate of drug-likeness (QED) is 0.0243. The van der Waals surface area contributed by atoms with Gasteiger partial charge >= 0.3 is 7.82 Å². The van der Waals surface area contributed by atoms with E-state index in [0.717, 1.165) is 51.4 Å². The van der Waals surface area contributed by atoms with Crippen LogP contribution in [0.25, 0.3) is 0 Å². The number of ketones is 2. The van der Waals surface area contributed by atoms with Gasteiger partial charge in [-0.3, -0.25) is 18.6 Å². The van der Waals surface area contributed by atoms with Gasteiger partial charge in [0.05, 0.1) is 27.7 Å². The molecule has 52 heavy (non-hydrogen) atoms. The van der Waals surface area contributed by atoms with Crippen LogP contribution in [0.2, 0.25) is 0 Å². The van der Waals surface area contributed by atoms with Crippen LogP contribution < -0.4 is 0 Å². The number of hydrogen-bond acceptors (Lipinski definition) is 7. The molecule has 0 amide bonds. The minimum absolute atomic E-state index is 0.0988. The zero-order valence-electron chi connectivity index (χ0n) is 34.7. The Morgan fingerprint density at radius 2 is 0.865 bits per heavy atom. The molecular weight excluding hydrogens is 677 g/mol. The summed E-state index contributed by atoms with van der Waals surface area (Å²) in [6.45, 7) is 3.75. The highest BCUT2D eigenvalue weighted by atomic mass is 31.2. The Hall–Kier alpha value is -0.670. The molecule has 310 valence electrons. The molecular formula is C42H85NO8P+. The fourth-order valence-electron chi connectivity index (χ4n) is 6.79. The largest absolute Gasteiger partial charge is 0.473 e. The molecule has 0 heterocycles. The first kappa shape index (κ1) is 51.3. The highest BCUT2D eigenvalue weighted by molar-refractivity contribution is 7.47. The van der Waals surface area contributed by atoms with Crippen molar-refractivity contribution in [3.05, 3.63) is 0 Å². The molecule has 0 aromatic heterocycles. The number of rotatable bonds is 40. The Balaban J connectivity index is 4.98. The highest BCUT2D eigenvalue weighted by Gasteiger charge is 2.55. The molecule has 0 aliphatic carbocycles. The minimum atomic E-state index is -4.94. The second kappa shape index (κ2) is 32.6. The summed E-state index contributed by atoms with van der Waals surface area (Å²) in [5.41, 5.74) is -2.65. The van der Waals surface area contributed by atoms with Gasteiger partial charge in [-0.05, 0) is 12.8 Å². The second-order valence-corrected chi connectivity index (χ2v) is 17.8. The molecule has 0 spiro atoms. The van der Waals surface area contributed by atoms with E-state index in [-0.39, 0.29) is 19.4 Å². The van der Waals surface area contributed by atoms with Crippen LogP contribution in [-0.4, -0.2) is 83.8 Å². The SMILES string of the molecule is CCCCCCCCCCCCCCCCC(=O)C(OP(=O)(O)OCC[N+](C)(C)C)(C(=O)CCCCCCCCCCCCCCCC)[C@@H](O)CO. The normalized spacial score (nSPS) is 14.1. The Morgan fingerprint density at radius 1 is 0.577 bits per heavy atom. The summed E-state index contributed by atoms with van der Waals surface area (Å²) in [5, 5.41) is 20.9. The molecule has 10 heteroatoms. The van der Waals surface area contributed by atoms with Gasteiger partial charge in [-0.15, -0.1) is 0 Å². The van der Waals surface area contributed by atoms with Gasteiger partial charge < -0.3 is 19.6 Å². The zero-order valence-corrected chi connectivity index (χ0v) is 35.6. The number of quaternary nitrogens is 1. The number of aliphatic hydroxyl groups is 2. The maximum atomic E-state index is 13.8. The van der Waals surface area contributed by atoms with Gasteiger partial charge in [0.15, 0.2) is 11.6 Å². The number of Topliss-reactive ketones (excluding diaryl/α,β-unsaturated/α-hetero) is 2.